The number of furan rings is 1. The largest absolute Gasteiger partial charge is 0.470 e. The first-order valence-corrected chi connectivity index (χ1v) is 16.1. The number of rotatable bonds is 6. The van der Waals surface area contributed by atoms with Crippen molar-refractivity contribution in [1.82, 2.24) is 19.9 Å². The topological polar surface area (TPSA) is 120 Å². The molecule has 0 bridgehead atoms. The summed E-state index contributed by atoms with van der Waals surface area (Å²) in [5.41, 5.74) is 5.10. The van der Waals surface area contributed by atoms with Gasteiger partial charge in [0.15, 0.2) is 6.73 Å². The number of aryl methyl sites for hydroxylation is 1. The van der Waals surface area contributed by atoms with Crippen molar-refractivity contribution in [2.24, 2.45) is 0 Å². The molecule has 1 amide bonds. The summed E-state index contributed by atoms with van der Waals surface area (Å²) in [4.78, 5) is 22.6. The fourth-order valence-corrected chi connectivity index (χ4v) is 6.27. The lowest BCUT2D eigenvalue weighted by atomic mass is 10.0. The van der Waals surface area contributed by atoms with Crippen molar-refractivity contribution >= 4 is 43.5 Å². The predicted octanol–water partition coefficient (Wildman–Crippen LogP) is 5.99. The number of halogens is 1. The van der Waals surface area contributed by atoms with E-state index in [2.05, 4.69) is 10.3 Å². The number of carbonyl (C=O) groups is 1. The van der Waals surface area contributed by atoms with Gasteiger partial charge >= 0.3 is 0 Å². The molecule has 6 aromatic rings. The van der Waals surface area contributed by atoms with Gasteiger partial charge in [-0.05, 0) is 55.0 Å². The summed E-state index contributed by atoms with van der Waals surface area (Å²) in [5.74, 6) is 0.124. The Morgan fingerprint density at radius 3 is 2.69 bits per heavy atom. The number of benzene rings is 2. The highest BCUT2D eigenvalue weighted by atomic mass is 32.2. The van der Waals surface area contributed by atoms with Crippen molar-refractivity contribution in [2.45, 2.75) is 20.1 Å². The lowest BCUT2D eigenvalue weighted by Gasteiger charge is -2.23. The van der Waals surface area contributed by atoms with Crippen molar-refractivity contribution in [3.63, 3.8) is 0 Å². The molecular weight excluding hydrogens is 597 g/mol. The summed E-state index contributed by atoms with van der Waals surface area (Å²) in [6.07, 6.45) is 3.46. The minimum atomic E-state index is -3.72. The molecule has 12 heteroatoms. The molecule has 0 saturated heterocycles. The number of pyridine rings is 2. The van der Waals surface area contributed by atoms with E-state index in [-0.39, 0.29) is 18.5 Å². The van der Waals surface area contributed by atoms with Crippen LogP contribution >= 0.6 is 0 Å². The summed E-state index contributed by atoms with van der Waals surface area (Å²) in [6, 6.07) is 17.0. The average Bonchev–Trinajstić information content (AvgIpc) is 3.62. The van der Waals surface area contributed by atoms with Crippen molar-refractivity contribution in [3.05, 3.63) is 83.9 Å². The van der Waals surface area contributed by atoms with E-state index in [1.165, 1.54) is 20.2 Å². The van der Waals surface area contributed by atoms with Gasteiger partial charge in [-0.15, -0.1) is 0 Å². The van der Waals surface area contributed by atoms with Gasteiger partial charge in [-0.1, -0.05) is 13.0 Å². The van der Waals surface area contributed by atoms with Crippen molar-refractivity contribution in [1.29, 1.82) is 0 Å². The Labute approximate surface area is 258 Å². The second-order valence-corrected chi connectivity index (χ2v) is 12.8. The molecule has 10 nitrogen and oxygen atoms in total. The monoisotopic (exact) mass is 625 g/mol. The summed E-state index contributed by atoms with van der Waals surface area (Å²) in [7, 11) is -0.740. The van der Waals surface area contributed by atoms with Gasteiger partial charge < -0.3 is 19.0 Å². The van der Waals surface area contributed by atoms with Gasteiger partial charge in [-0.2, -0.15) is 0 Å². The molecule has 0 saturated carbocycles. The average molecular weight is 626 g/mol. The summed E-state index contributed by atoms with van der Waals surface area (Å²) in [5, 5.41) is 3.62. The first-order valence-electron chi connectivity index (χ1n) is 14.2. The number of fused-ring (bicyclic) bond motifs is 6. The zero-order valence-corrected chi connectivity index (χ0v) is 25.7. The van der Waals surface area contributed by atoms with E-state index in [1.807, 2.05) is 23.6 Å². The van der Waals surface area contributed by atoms with Crippen LogP contribution < -0.4 is 14.4 Å². The van der Waals surface area contributed by atoms with E-state index in [9.17, 15) is 17.6 Å². The number of hydrogen-bond acceptors (Lipinski definition) is 7. The smallest absolute Gasteiger partial charge is 0.255 e. The SMILES string of the molecule is CCc1cc(-c2oc3cc(N(C)S(C)(=O)=O)c(-c4ccc5c(n4)-c4cc6c(F)cccc6n4CO5)cc3c2C(=O)NC)ccn1. The van der Waals surface area contributed by atoms with Gasteiger partial charge in [0, 0.05) is 54.0 Å². The Hall–Kier alpha value is -5.23. The van der Waals surface area contributed by atoms with Crippen LogP contribution in [0.4, 0.5) is 10.1 Å². The normalized spacial score (nSPS) is 12.6. The molecule has 2 aromatic carbocycles. The fourth-order valence-electron chi connectivity index (χ4n) is 5.76. The number of sulfonamides is 1. The highest BCUT2D eigenvalue weighted by molar-refractivity contribution is 7.92. The van der Waals surface area contributed by atoms with Crippen LogP contribution in [0, 0.1) is 5.82 Å². The van der Waals surface area contributed by atoms with Crippen LogP contribution in [0.1, 0.15) is 23.0 Å². The fraction of sp³-hybridized carbons (Fsp3) is 0.182. The molecule has 1 aliphatic rings. The highest BCUT2D eigenvalue weighted by Crippen LogP contribution is 2.43. The molecule has 1 aliphatic heterocycles. The second kappa shape index (κ2) is 10.4. The van der Waals surface area contributed by atoms with Crippen LogP contribution in [-0.4, -0.2) is 49.2 Å². The Morgan fingerprint density at radius 1 is 1.11 bits per heavy atom. The molecule has 0 aliphatic carbocycles. The maximum Gasteiger partial charge on any atom is 0.255 e. The zero-order valence-electron chi connectivity index (χ0n) is 24.9. The number of amides is 1. The second-order valence-electron chi connectivity index (χ2n) is 10.8. The molecule has 0 atom stereocenters. The molecule has 45 heavy (non-hydrogen) atoms. The first kappa shape index (κ1) is 28.5. The maximum atomic E-state index is 14.7. The van der Waals surface area contributed by atoms with Crippen LogP contribution in [0.2, 0.25) is 0 Å². The Bertz CT molecular complexity index is 2290. The summed E-state index contributed by atoms with van der Waals surface area (Å²) < 4.78 is 55.7. The van der Waals surface area contributed by atoms with Gasteiger partial charge in [0.2, 0.25) is 10.0 Å². The van der Waals surface area contributed by atoms with Crippen molar-refractivity contribution in [3.8, 4) is 39.7 Å². The highest BCUT2D eigenvalue weighted by Gasteiger charge is 2.28. The van der Waals surface area contributed by atoms with E-state index in [0.29, 0.717) is 79.3 Å². The molecular formula is C33H28FN5O5S. The zero-order chi connectivity index (χ0) is 31.6. The van der Waals surface area contributed by atoms with Gasteiger partial charge in [-0.3, -0.25) is 14.1 Å². The molecule has 0 spiro atoms. The summed E-state index contributed by atoms with van der Waals surface area (Å²) in [6.45, 7) is 2.17. The number of hydrogen-bond donors (Lipinski definition) is 1. The van der Waals surface area contributed by atoms with E-state index >= 15 is 0 Å². The number of nitrogens with one attached hydrogen (secondary N) is 1. The van der Waals surface area contributed by atoms with Crippen LogP contribution in [0.15, 0.2) is 71.3 Å². The Morgan fingerprint density at radius 2 is 1.93 bits per heavy atom. The van der Waals surface area contributed by atoms with Gasteiger partial charge in [0.05, 0.1) is 34.4 Å². The van der Waals surface area contributed by atoms with Gasteiger partial charge in [0.25, 0.3) is 5.91 Å². The third kappa shape index (κ3) is 4.60. The van der Waals surface area contributed by atoms with Crippen molar-refractivity contribution in [2.75, 3.05) is 24.7 Å². The maximum absolute atomic E-state index is 14.7. The lowest BCUT2D eigenvalue weighted by Crippen LogP contribution is -2.25. The first-order chi connectivity index (χ1) is 21.6. The quantitative estimate of drug-likeness (QED) is 0.242. The standard InChI is InChI=1S/C33H28FN5O5S/c1-5-19-13-18(11-12-36-19)32-30(33(40)35-2)22-14-21(26(16-29(22)44-32)38(3)45(4,41)42)24-9-10-28-31(37-24)27-15-20-23(34)7-6-8-25(20)39(27)17-43-28/h6-16H,5,17H2,1-4H3,(H,35,40). The molecule has 228 valence electrons. The molecule has 4 aromatic heterocycles. The molecule has 5 heterocycles. The van der Waals surface area contributed by atoms with E-state index < -0.39 is 10.0 Å². The van der Waals surface area contributed by atoms with Crippen LogP contribution in [0.25, 0.3) is 55.8 Å². The lowest BCUT2D eigenvalue weighted by molar-refractivity contribution is 0.0964. The Kier molecular flexibility index (Phi) is 6.62. The third-order valence-corrected chi connectivity index (χ3v) is 9.35. The molecule has 7 rings (SSSR count). The van der Waals surface area contributed by atoms with Crippen LogP contribution in [0.3, 0.4) is 0 Å². The van der Waals surface area contributed by atoms with Crippen molar-refractivity contribution < 1.29 is 26.8 Å². The van der Waals surface area contributed by atoms with E-state index in [0.717, 1.165) is 16.3 Å². The predicted molar refractivity (Wildman–Crippen MR) is 170 cm³/mol. The minimum Gasteiger partial charge on any atom is -0.470 e. The van der Waals surface area contributed by atoms with Gasteiger partial charge in [0.1, 0.15) is 28.6 Å². The molecule has 0 unspecified atom stereocenters. The number of ether oxygens (including phenoxy) is 1. The molecule has 0 radical (unpaired) electrons. The van der Waals surface area contributed by atoms with E-state index in [4.69, 9.17) is 14.1 Å². The summed E-state index contributed by atoms with van der Waals surface area (Å²) >= 11 is 0. The number of aromatic nitrogens is 3. The van der Waals surface area contributed by atoms with Gasteiger partial charge in [-0.25, -0.2) is 17.8 Å². The number of nitrogens with zero attached hydrogens (tertiary/aromatic N) is 4. The Balaban J connectivity index is 1.49. The van der Waals surface area contributed by atoms with Crippen LogP contribution in [0.5, 0.6) is 5.75 Å². The minimum absolute atomic E-state index is 0.187. The van der Waals surface area contributed by atoms with E-state index in [1.54, 1.807) is 48.7 Å². The number of carbonyl (C=O) groups excluding carboxylic acids is 1. The molecule has 1 N–H and O–H groups in total. The van der Waals surface area contributed by atoms with Crippen LogP contribution in [-0.2, 0) is 23.2 Å². The third-order valence-electron chi connectivity index (χ3n) is 8.16. The number of anilines is 1. The molecule has 0 fully saturated rings.